The predicted octanol–water partition coefficient (Wildman–Crippen LogP) is 4.48. The Balaban J connectivity index is 2.11. The van der Waals surface area contributed by atoms with E-state index in [4.69, 9.17) is 11.6 Å². The average molecular weight is 322 g/mol. The van der Waals surface area contributed by atoms with Crippen molar-refractivity contribution in [2.45, 2.75) is 49.8 Å². The highest BCUT2D eigenvalue weighted by Gasteiger charge is 2.11. The first-order valence-corrected chi connectivity index (χ1v) is 8.03. The maximum absolute atomic E-state index is 6.14. The normalized spacial score (nSPS) is 11.7. The molecular weight excluding hydrogens is 302 g/mol. The van der Waals surface area contributed by atoms with E-state index in [0.717, 1.165) is 22.2 Å². The highest BCUT2D eigenvalue weighted by Crippen LogP contribution is 2.31. The molecule has 0 aromatic carbocycles. The molecule has 0 saturated carbocycles. The van der Waals surface area contributed by atoms with Crippen LogP contribution in [0.15, 0.2) is 40.6 Å². The van der Waals surface area contributed by atoms with Crippen LogP contribution in [0, 0.1) is 6.92 Å². The molecule has 0 saturated heterocycles. The fraction of sp³-hybridized carbons (Fsp3) is 0.375. The highest BCUT2D eigenvalue weighted by atomic mass is 35.5. The molecule has 2 aromatic rings. The Morgan fingerprint density at radius 1 is 1.24 bits per heavy atom. The number of aromatic nitrogens is 2. The summed E-state index contributed by atoms with van der Waals surface area (Å²) in [7, 11) is 0. The molecule has 2 rings (SSSR count). The maximum Gasteiger partial charge on any atom is 0.121 e. The first-order chi connectivity index (χ1) is 9.85. The van der Waals surface area contributed by atoms with Gasteiger partial charge in [-0.25, -0.2) is 9.97 Å². The molecule has 1 N–H and O–H groups in total. The van der Waals surface area contributed by atoms with Crippen LogP contribution in [-0.2, 0) is 6.54 Å². The summed E-state index contributed by atoms with van der Waals surface area (Å²) in [6.45, 7) is 9.33. The van der Waals surface area contributed by atoms with Crippen LogP contribution in [0.4, 0.5) is 0 Å². The molecule has 0 fully saturated rings. The van der Waals surface area contributed by atoms with E-state index < -0.39 is 0 Å². The van der Waals surface area contributed by atoms with Crippen molar-refractivity contribution >= 4 is 23.4 Å². The molecule has 0 radical (unpaired) electrons. The number of hydrogen-bond donors (Lipinski definition) is 1. The van der Waals surface area contributed by atoms with Crippen LogP contribution in [0.3, 0.4) is 0 Å². The van der Waals surface area contributed by atoms with Gasteiger partial charge in [0.2, 0.25) is 0 Å². The smallest absolute Gasteiger partial charge is 0.121 e. The highest BCUT2D eigenvalue weighted by molar-refractivity contribution is 7.99. The molecule has 0 atom stereocenters. The predicted molar refractivity (Wildman–Crippen MR) is 88.9 cm³/mol. The molecule has 0 amide bonds. The van der Waals surface area contributed by atoms with Crippen LogP contribution in [-0.4, -0.2) is 15.5 Å². The minimum atomic E-state index is 0.100. The topological polar surface area (TPSA) is 37.8 Å². The van der Waals surface area contributed by atoms with E-state index in [-0.39, 0.29) is 5.54 Å². The van der Waals surface area contributed by atoms with Crippen LogP contribution in [0.2, 0.25) is 5.02 Å². The number of halogens is 1. The van der Waals surface area contributed by atoms with Crippen LogP contribution in [0.5, 0.6) is 0 Å². The summed E-state index contributed by atoms with van der Waals surface area (Å²) in [5, 5.41) is 5.85. The summed E-state index contributed by atoms with van der Waals surface area (Å²) < 4.78 is 0. The third-order valence-electron chi connectivity index (χ3n) is 2.83. The average Bonchev–Trinajstić information content (AvgIpc) is 2.41. The van der Waals surface area contributed by atoms with Gasteiger partial charge in [0.15, 0.2) is 0 Å². The lowest BCUT2D eigenvalue weighted by molar-refractivity contribution is 0.424. The van der Waals surface area contributed by atoms with Crippen LogP contribution < -0.4 is 5.32 Å². The fourth-order valence-electron chi connectivity index (χ4n) is 1.73. The molecule has 0 spiro atoms. The minimum absolute atomic E-state index is 0.100. The lowest BCUT2D eigenvalue weighted by Crippen LogP contribution is -2.35. The Morgan fingerprint density at radius 2 is 2.00 bits per heavy atom. The van der Waals surface area contributed by atoms with Crippen LogP contribution in [0.25, 0.3) is 0 Å². The zero-order valence-corrected chi connectivity index (χ0v) is 14.3. The van der Waals surface area contributed by atoms with Gasteiger partial charge in [-0.1, -0.05) is 17.7 Å². The van der Waals surface area contributed by atoms with Crippen LogP contribution >= 0.6 is 23.4 Å². The van der Waals surface area contributed by atoms with Gasteiger partial charge < -0.3 is 5.32 Å². The Labute approximate surface area is 135 Å². The Morgan fingerprint density at radius 3 is 2.62 bits per heavy atom. The standard InChI is InChI=1S/C16H20ClN3S/c1-11-8-12(10-20-16(2,3)4)9-19-14(11)21-15-13(17)6-5-7-18-15/h5-9,20H,10H2,1-4H3. The van der Waals surface area contributed by atoms with E-state index in [0.29, 0.717) is 5.02 Å². The minimum Gasteiger partial charge on any atom is -0.308 e. The number of nitrogens with one attached hydrogen (secondary N) is 1. The summed E-state index contributed by atoms with van der Waals surface area (Å²) in [6.07, 6.45) is 3.65. The molecule has 5 heteroatoms. The van der Waals surface area contributed by atoms with Gasteiger partial charge >= 0.3 is 0 Å². The third kappa shape index (κ3) is 4.99. The van der Waals surface area contributed by atoms with Crippen molar-refractivity contribution in [3.05, 3.63) is 46.7 Å². The molecule has 2 heterocycles. The first-order valence-electron chi connectivity index (χ1n) is 6.84. The maximum atomic E-state index is 6.14. The lowest BCUT2D eigenvalue weighted by Gasteiger charge is -2.20. The van der Waals surface area contributed by atoms with Gasteiger partial charge in [-0.05, 0) is 62.7 Å². The second-order valence-electron chi connectivity index (χ2n) is 5.96. The molecule has 2 aromatic heterocycles. The summed E-state index contributed by atoms with van der Waals surface area (Å²) >= 11 is 7.64. The van der Waals surface area contributed by atoms with E-state index in [1.54, 1.807) is 6.20 Å². The molecule has 3 nitrogen and oxygen atoms in total. The number of hydrogen-bond acceptors (Lipinski definition) is 4. The lowest BCUT2D eigenvalue weighted by atomic mass is 10.1. The number of rotatable bonds is 4. The zero-order chi connectivity index (χ0) is 15.5. The van der Waals surface area contributed by atoms with E-state index in [1.165, 1.54) is 17.3 Å². The second-order valence-corrected chi connectivity index (χ2v) is 7.35. The molecule has 0 aliphatic heterocycles. The zero-order valence-electron chi connectivity index (χ0n) is 12.8. The Bertz CT molecular complexity index is 623. The summed E-state index contributed by atoms with van der Waals surface area (Å²) in [4.78, 5) is 8.82. The van der Waals surface area contributed by atoms with Crippen molar-refractivity contribution in [3.8, 4) is 0 Å². The third-order valence-corrected chi connectivity index (χ3v) is 4.38. The Kier molecular flexibility index (Phi) is 5.25. The fourth-order valence-corrected chi connectivity index (χ4v) is 2.75. The van der Waals surface area contributed by atoms with Crippen molar-refractivity contribution in [1.29, 1.82) is 0 Å². The second kappa shape index (κ2) is 6.77. The summed E-state index contributed by atoms with van der Waals surface area (Å²) in [5.74, 6) is 0. The van der Waals surface area contributed by atoms with Gasteiger partial charge in [-0.3, -0.25) is 0 Å². The molecule has 112 valence electrons. The van der Waals surface area contributed by atoms with Crippen molar-refractivity contribution in [2.24, 2.45) is 0 Å². The largest absolute Gasteiger partial charge is 0.308 e. The van der Waals surface area contributed by atoms with Gasteiger partial charge in [0.25, 0.3) is 0 Å². The van der Waals surface area contributed by atoms with E-state index in [2.05, 4.69) is 49.0 Å². The molecule has 0 aliphatic rings. The van der Waals surface area contributed by atoms with Crippen molar-refractivity contribution < 1.29 is 0 Å². The van der Waals surface area contributed by atoms with E-state index >= 15 is 0 Å². The van der Waals surface area contributed by atoms with Gasteiger partial charge in [0, 0.05) is 24.5 Å². The van der Waals surface area contributed by atoms with Gasteiger partial charge in [0.05, 0.1) is 5.02 Å². The molecule has 0 bridgehead atoms. The summed E-state index contributed by atoms with van der Waals surface area (Å²) in [5.41, 5.74) is 2.41. The monoisotopic (exact) mass is 321 g/mol. The first kappa shape index (κ1) is 16.3. The number of nitrogens with zero attached hydrogens (tertiary/aromatic N) is 2. The SMILES string of the molecule is Cc1cc(CNC(C)(C)C)cnc1Sc1ncccc1Cl. The van der Waals surface area contributed by atoms with E-state index in [9.17, 15) is 0 Å². The summed E-state index contributed by atoms with van der Waals surface area (Å²) in [6, 6.07) is 5.83. The number of pyridine rings is 2. The van der Waals surface area contributed by atoms with Gasteiger partial charge in [0.1, 0.15) is 10.1 Å². The Hall–Kier alpha value is -1.10. The van der Waals surface area contributed by atoms with Crippen molar-refractivity contribution in [2.75, 3.05) is 0 Å². The molecule has 0 aliphatic carbocycles. The quantitative estimate of drug-likeness (QED) is 0.901. The van der Waals surface area contributed by atoms with Gasteiger partial charge in [-0.15, -0.1) is 0 Å². The van der Waals surface area contributed by atoms with Crippen molar-refractivity contribution in [3.63, 3.8) is 0 Å². The molecule has 21 heavy (non-hydrogen) atoms. The van der Waals surface area contributed by atoms with Gasteiger partial charge in [-0.2, -0.15) is 0 Å². The van der Waals surface area contributed by atoms with Crippen LogP contribution in [0.1, 0.15) is 31.9 Å². The van der Waals surface area contributed by atoms with E-state index in [1.807, 2.05) is 18.3 Å². The molecular formula is C16H20ClN3S. The number of aryl methyl sites for hydroxylation is 1. The molecule has 0 unspecified atom stereocenters. The van der Waals surface area contributed by atoms with Crippen molar-refractivity contribution in [1.82, 2.24) is 15.3 Å².